The fourth-order valence-corrected chi connectivity index (χ4v) is 3.20. The first-order valence-corrected chi connectivity index (χ1v) is 7.35. The first-order chi connectivity index (χ1) is 10.6. The van der Waals surface area contributed by atoms with Crippen molar-refractivity contribution in [1.29, 1.82) is 0 Å². The van der Waals surface area contributed by atoms with Gasteiger partial charge in [0.1, 0.15) is 0 Å². The highest BCUT2D eigenvalue weighted by molar-refractivity contribution is 5.97. The van der Waals surface area contributed by atoms with E-state index in [1.54, 1.807) is 4.57 Å². The van der Waals surface area contributed by atoms with E-state index in [9.17, 15) is 9.59 Å². The van der Waals surface area contributed by atoms with Crippen LogP contribution < -0.4 is 0 Å². The molecule has 112 valence electrons. The molecule has 0 saturated heterocycles. The van der Waals surface area contributed by atoms with Crippen molar-refractivity contribution in [2.24, 2.45) is 5.11 Å². The predicted molar refractivity (Wildman–Crippen MR) is 82.7 cm³/mol. The van der Waals surface area contributed by atoms with Gasteiger partial charge in [0, 0.05) is 28.8 Å². The Balaban J connectivity index is 2.11. The van der Waals surface area contributed by atoms with Crippen LogP contribution in [0.3, 0.4) is 0 Å². The minimum atomic E-state index is -0.467. The van der Waals surface area contributed by atoms with E-state index in [1.165, 1.54) is 0 Å². The molecule has 0 atom stereocenters. The van der Waals surface area contributed by atoms with Crippen molar-refractivity contribution in [3.63, 3.8) is 0 Å². The van der Waals surface area contributed by atoms with Crippen LogP contribution in [0.2, 0.25) is 0 Å². The van der Waals surface area contributed by atoms with Gasteiger partial charge in [0.15, 0.2) is 0 Å². The number of aryl methyl sites for hydroxylation is 2. The Morgan fingerprint density at radius 3 is 3.00 bits per heavy atom. The molecule has 2 aromatic rings. The van der Waals surface area contributed by atoms with Crippen molar-refractivity contribution in [1.82, 2.24) is 4.57 Å². The Kier molecular flexibility index (Phi) is 3.69. The molecule has 0 N–H and O–H groups in total. The smallest absolute Gasteiger partial charge is 0.231 e. The summed E-state index contributed by atoms with van der Waals surface area (Å²) >= 11 is 0. The number of fused-ring (bicyclic) bond motifs is 3. The summed E-state index contributed by atoms with van der Waals surface area (Å²) in [5.74, 6) is -0.354. The number of azide groups is 1. The third-order valence-corrected chi connectivity index (χ3v) is 4.14. The number of aromatic nitrogens is 1. The maximum atomic E-state index is 12.3. The fourth-order valence-electron chi connectivity index (χ4n) is 3.20. The summed E-state index contributed by atoms with van der Waals surface area (Å²) in [6.45, 7) is 2.01. The third-order valence-electron chi connectivity index (χ3n) is 4.14. The quantitative estimate of drug-likeness (QED) is 0.491. The average molecular weight is 296 g/mol. The number of rotatable bonds is 3. The lowest BCUT2D eigenvalue weighted by Crippen LogP contribution is -2.19. The van der Waals surface area contributed by atoms with Crippen LogP contribution >= 0.6 is 0 Å². The van der Waals surface area contributed by atoms with E-state index < -0.39 is 5.91 Å². The molecule has 0 spiro atoms. The average Bonchev–Trinajstić information content (AvgIpc) is 2.79. The van der Waals surface area contributed by atoms with Crippen LogP contribution in [0.5, 0.6) is 0 Å². The maximum absolute atomic E-state index is 12.3. The normalized spacial score (nSPS) is 13.8. The van der Waals surface area contributed by atoms with Crippen LogP contribution in [0.1, 0.15) is 40.9 Å². The Morgan fingerprint density at radius 2 is 2.23 bits per heavy atom. The molecule has 1 aromatic carbocycles. The summed E-state index contributed by atoms with van der Waals surface area (Å²) in [6, 6.07) is 6.02. The topological polar surface area (TPSA) is 87.8 Å². The zero-order valence-electron chi connectivity index (χ0n) is 12.4. The van der Waals surface area contributed by atoms with Gasteiger partial charge >= 0.3 is 0 Å². The molecule has 1 aromatic heterocycles. The molecule has 2 heterocycles. The first kappa shape index (κ1) is 14.4. The molecule has 0 radical (unpaired) electrons. The van der Waals surface area contributed by atoms with E-state index in [2.05, 4.69) is 16.1 Å². The van der Waals surface area contributed by atoms with Gasteiger partial charge in [-0.1, -0.05) is 11.6 Å². The lowest BCUT2D eigenvalue weighted by molar-refractivity contribution is -0.117. The molecule has 6 nitrogen and oxygen atoms in total. The van der Waals surface area contributed by atoms with Crippen LogP contribution in [0.25, 0.3) is 21.3 Å². The Morgan fingerprint density at radius 1 is 1.41 bits per heavy atom. The molecule has 1 aliphatic rings. The monoisotopic (exact) mass is 296 g/mol. The first-order valence-electron chi connectivity index (χ1n) is 7.35. The number of hydrogen-bond acceptors (Lipinski definition) is 2. The summed E-state index contributed by atoms with van der Waals surface area (Å²) in [5.41, 5.74) is 12.4. The molecule has 1 aliphatic heterocycles. The predicted octanol–water partition coefficient (Wildman–Crippen LogP) is 3.70. The highest BCUT2D eigenvalue weighted by Crippen LogP contribution is 2.32. The number of amides is 1. The number of nitrogens with zero attached hydrogens (tertiary/aromatic N) is 4. The van der Waals surface area contributed by atoms with Crippen molar-refractivity contribution in [2.75, 3.05) is 0 Å². The molecule has 1 amide bonds. The zero-order valence-corrected chi connectivity index (χ0v) is 12.4. The SMILES string of the molecule is Cc1ccc2c(c1)c(CCC(=O)N=[N+]=[N-])c1n2C(=O)CCC1. The number of carbonyl (C=O) groups is 2. The van der Waals surface area contributed by atoms with Crippen molar-refractivity contribution in [3.05, 3.63) is 45.5 Å². The fraction of sp³-hybridized carbons (Fsp3) is 0.375. The number of benzene rings is 1. The van der Waals surface area contributed by atoms with Gasteiger partial charge in [-0.2, -0.15) is 0 Å². The molecule has 0 saturated carbocycles. The lowest BCUT2D eigenvalue weighted by atomic mass is 10.0. The number of hydrogen-bond donors (Lipinski definition) is 0. The Hall–Kier alpha value is -2.59. The van der Waals surface area contributed by atoms with Gasteiger partial charge in [0.25, 0.3) is 0 Å². The molecule has 0 fully saturated rings. The molecule has 0 unspecified atom stereocenters. The molecule has 0 bridgehead atoms. The molecular weight excluding hydrogens is 280 g/mol. The second-order valence-corrected chi connectivity index (χ2v) is 5.61. The second-order valence-electron chi connectivity index (χ2n) is 5.61. The Labute approximate surface area is 127 Å². The minimum Gasteiger partial charge on any atom is -0.293 e. The standard InChI is InChI=1S/C16H16N4O2/c1-10-5-7-14-12(9-10)11(6-8-15(21)18-19-17)13-3-2-4-16(22)20(13)14/h5,7,9H,2-4,6,8H2,1H3. The van der Waals surface area contributed by atoms with Crippen molar-refractivity contribution in [3.8, 4) is 0 Å². The highest BCUT2D eigenvalue weighted by Gasteiger charge is 2.24. The summed E-state index contributed by atoms with van der Waals surface area (Å²) in [6.07, 6.45) is 2.89. The van der Waals surface area contributed by atoms with Crippen molar-refractivity contribution in [2.45, 2.75) is 39.0 Å². The summed E-state index contributed by atoms with van der Waals surface area (Å²) in [4.78, 5) is 26.3. The highest BCUT2D eigenvalue weighted by atomic mass is 16.2. The van der Waals surface area contributed by atoms with E-state index in [0.29, 0.717) is 12.8 Å². The zero-order chi connectivity index (χ0) is 15.7. The molecule has 3 rings (SSSR count). The summed E-state index contributed by atoms with van der Waals surface area (Å²) in [5, 5.41) is 4.14. The van der Waals surface area contributed by atoms with Gasteiger partial charge in [-0.05, 0) is 54.5 Å². The van der Waals surface area contributed by atoms with Crippen molar-refractivity contribution >= 4 is 22.7 Å². The molecule has 0 aliphatic carbocycles. The van der Waals surface area contributed by atoms with Crippen LogP contribution in [0.4, 0.5) is 0 Å². The number of carbonyl (C=O) groups excluding carboxylic acids is 2. The largest absolute Gasteiger partial charge is 0.293 e. The van der Waals surface area contributed by atoms with E-state index >= 15 is 0 Å². The van der Waals surface area contributed by atoms with E-state index in [4.69, 9.17) is 5.53 Å². The lowest BCUT2D eigenvalue weighted by Gasteiger charge is -2.15. The van der Waals surface area contributed by atoms with Gasteiger partial charge in [-0.3, -0.25) is 14.2 Å². The van der Waals surface area contributed by atoms with Crippen LogP contribution in [-0.4, -0.2) is 16.4 Å². The molecular formula is C16H16N4O2. The van der Waals surface area contributed by atoms with Gasteiger partial charge < -0.3 is 0 Å². The molecule has 22 heavy (non-hydrogen) atoms. The van der Waals surface area contributed by atoms with Gasteiger partial charge in [-0.25, -0.2) is 0 Å². The van der Waals surface area contributed by atoms with Gasteiger partial charge in [0.2, 0.25) is 11.8 Å². The second kappa shape index (κ2) is 5.66. The minimum absolute atomic E-state index is 0.114. The van der Waals surface area contributed by atoms with Crippen LogP contribution in [0, 0.1) is 6.92 Å². The summed E-state index contributed by atoms with van der Waals surface area (Å²) in [7, 11) is 0. The van der Waals surface area contributed by atoms with Gasteiger partial charge in [-0.15, -0.1) is 0 Å². The maximum Gasteiger partial charge on any atom is 0.231 e. The summed E-state index contributed by atoms with van der Waals surface area (Å²) < 4.78 is 1.80. The van der Waals surface area contributed by atoms with Gasteiger partial charge in [0.05, 0.1) is 5.52 Å². The van der Waals surface area contributed by atoms with Crippen LogP contribution in [-0.2, 0) is 17.6 Å². The molecule has 6 heteroatoms. The third kappa shape index (κ3) is 2.38. The Bertz CT molecular complexity index is 828. The van der Waals surface area contributed by atoms with Crippen molar-refractivity contribution < 1.29 is 9.59 Å². The van der Waals surface area contributed by atoms with E-state index in [1.807, 2.05) is 19.1 Å². The van der Waals surface area contributed by atoms with E-state index in [-0.39, 0.29) is 12.3 Å². The van der Waals surface area contributed by atoms with Crippen LogP contribution in [0.15, 0.2) is 23.3 Å². The van der Waals surface area contributed by atoms with E-state index in [0.717, 1.165) is 40.6 Å².